The summed E-state index contributed by atoms with van der Waals surface area (Å²) in [4.78, 5) is 11.4. The Balaban J connectivity index is 1.82. The molecule has 4 nitrogen and oxygen atoms in total. The van der Waals surface area contributed by atoms with Crippen LogP contribution in [0.4, 0.5) is 24.5 Å². The van der Waals surface area contributed by atoms with E-state index < -0.39 is 11.7 Å². The molecule has 0 bridgehead atoms. The average molecular weight is 287 g/mol. The zero-order valence-electron chi connectivity index (χ0n) is 10.8. The molecule has 2 rings (SSSR count). The zero-order valence-corrected chi connectivity index (χ0v) is 10.8. The average Bonchev–Trinajstić information content (AvgIpc) is 3.18. The summed E-state index contributed by atoms with van der Waals surface area (Å²) in [5, 5.41) is 5.65. The number of nitrogens with one attached hydrogen (secondary N) is 2. The maximum absolute atomic E-state index is 12.5. The lowest BCUT2D eigenvalue weighted by atomic mass is 10.1. The van der Waals surface area contributed by atoms with Crippen LogP contribution in [-0.2, 0) is 11.0 Å². The van der Waals surface area contributed by atoms with Crippen LogP contribution in [0.25, 0.3) is 0 Å². The maximum atomic E-state index is 12.5. The van der Waals surface area contributed by atoms with Crippen molar-refractivity contribution < 1.29 is 18.0 Å². The number of hydrogen-bond acceptors (Lipinski definition) is 3. The Kier molecular flexibility index (Phi) is 4.06. The van der Waals surface area contributed by atoms with Crippen LogP contribution in [0.1, 0.15) is 18.4 Å². The summed E-state index contributed by atoms with van der Waals surface area (Å²) in [5.74, 6) is 0.179. The molecule has 7 heteroatoms. The number of rotatable bonds is 5. The third-order valence-electron chi connectivity index (χ3n) is 3.07. The molecule has 1 aliphatic rings. The first kappa shape index (κ1) is 14.5. The van der Waals surface area contributed by atoms with Crippen molar-refractivity contribution in [3.63, 3.8) is 0 Å². The van der Waals surface area contributed by atoms with E-state index >= 15 is 0 Å². The predicted molar refractivity (Wildman–Crippen MR) is 70.1 cm³/mol. The molecule has 0 saturated heterocycles. The molecule has 1 aromatic rings. The van der Waals surface area contributed by atoms with E-state index in [4.69, 9.17) is 5.73 Å². The molecule has 0 unspecified atom stereocenters. The van der Waals surface area contributed by atoms with Gasteiger partial charge in [-0.25, -0.2) is 0 Å². The molecule has 1 saturated carbocycles. The first-order chi connectivity index (χ1) is 9.38. The third-order valence-corrected chi connectivity index (χ3v) is 3.07. The highest BCUT2D eigenvalue weighted by Gasteiger charge is 2.31. The smallest absolute Gasteiger partial charge is 0.397 e. The first-order valence-corrected chi connectivity index (χ1v) is 6.36. The molecule has 1 fully saturated rings. The fourth-order valence-corrected chi connectivity index (χ4v) is 1.77. The van der Waals surface area contributed by atoms with Crippen molar-refractivity contribution in [3.8, 4) is 0 Å². The lowest BCUT2D eigenvalue weighted by Gasteiger charge is -2.13. The minimum atomic E-state index is -4.40. The molecule has 1 amide bonds. The molecule has 4 N–H and O–H groups in total. The molecule has 0 aromatic heterocycles. The van der Waals surface area contributed by atoms with Crippen LogP contribution in [0.2, 0.25) is 0 Å². The lowest BCUT2D eigenvalue weighted by molar-refractivity contribution is -0.137. The lowest BCUT2D eigenvalue weighted by Crippen LogP contribution is -2.29. The number of carbonyl (C=O) groups excluding carboxylic acids is 1. The van der Waals surface area contributed by atoms with Crippen molar-refractivity contribution in [3.05, 3.63) is 23.8 Å². The van der Waals surface area contributed by atoms with Gasteiger partial charge in [-0.15, -0.1) is 0 Å². The van der Waals surface area contributed by atoms with Gasteiger partial charge in [-0.05, 0) is 31.0 Å². The van der Waals surface area contributed by atoms with E-state index in [-0.39, 0.29) is 17.5 Å². The summed E-state index contributed by atoms with van der Waals surface area (Å²) in [6.07, 6.45) is -2.53. The second kappa shape index (κ2) is 5.60. The topological polar surface area (TPSA) is 67.2 Å². The normalized spacial score (nSPS) is 14.9. The molecular formula is C13H16F3N3O. The Bertz CT molecular complexity index is 498. The van der Waals surface area contributed by atoms with Gasteiger partial charge in [-0.3, -0.25) is 4.79 Å². The Hall–Kier alpha value is -1.92. The fourth-order valence-electron chi connectivity index (χ4n) is 1.77. The summed E-state index contributed by atoms with van der Waals surface area (Å²) in [6, 6.07) is 3.16. The summed E-state index contributed by atoms with van der Waals surface area (Å²) in [5.41, 5.74) is 5.26. The van der Waals surface area contributed by atoms with Crippen molar-refractivity contribution >= 4 is 17.3 Å². The van der Waals surface area contributed by atoms with Gasteiger partial charge in [0.05, 0.1) is 16.9 Å². The predicted octanol–water partition coefficient (Wildman–Crippen LogP) is 2.23. The van der Waals surface area contributed by atoms with Crippen LogP contribution >= 0.6 is 0 Å². The van der Waals surface area contributed by atoms with Gasteiger partial charge in [-0.2, -0.15) is 13.2 Å². The quantitative estimate of drug-likeness (QED) is 0.574. The van der Waals surface area contributed by atoms with Gasteiger partial charge in [0.15, 0.2) is 0 Å². The molecule has 1 aliphatic carbocycles. The van der Waals surface area contributed by atoms with E-state index in [1.54, 1.807) is 0 Å². The van der Waals surface area contributed by atoms with Crippen molar-refractivity contribution in [2.24, 2.45) is 5.92 Å². The van der Waals surface area contributed by atoms with Crippen molar-refractivity contribution in [1.82, 2.24) is 5.32 Å². The van der Waals surface area contributed by atoms with E-state index in [1.165, 1.54) is 6.07 Å². The highest BCUT2D eigenvalue weighted by atomic mass is 19.4. The zero-order chi connectivity index (χ0) is 14.8. The fraction of sp³-hybridized carbons (Fsp3) is 0.462. The van der Waals surface area contributed by atoms with Gasteiger partial charge >= 0.3 is 6.18 Å². The Labute approximate surface area is 114 Å². The second-order valence-corrected chi connectivity index (χ2v) is 4.79. The Morgan fingerprint density at radius 2 is 2.00 bits per heavy atom. The van der Waals surface area contributed by atoms with Crippen molar-refractivity contribution in [2.45, 2.75) is 19.0 Å². The van der Waals surface area contributed by atoms with Crippen LogP contribution in [0.3, 0.4) is 0 Å². The summed E-state index contributed by atoms with van der Waals surface area (Å²) in [7, 11) is 0. The minimum Gasteiger partial charge on any atom is -0.397 e. The summed E-state index contributed by atoms with van der Waals surface area (Å²) >= 11 is 0. The van der Waals surface area contributed by atoms with Gasteiger partial charge in [-0.1, -0.05) is 0 Å². The highest BCUT2D eigenvalue weighted by Crippen LogP contribution is 2.32. The van der Waals surface area contributed by atoms with Crippen LogP contribution < -0.4 is 16.4 Å². The van der Waals surface area contributed by atoms with Gasteiger partial charge in [0.1, 0.15) is 0 Å². The highest BCUT2D eigenvalue weighted by molar-refractivity contribution is 5.80. The molecule has 20 heavy (non-hydrogen) atoms. The molecule has 1 aromatic carbocycles. The SMILES string of the molecule is Nc1cc(C(F)(F)F)ccc1NCCNC(=O)C1CC1. The molecular weight excluding hydrogens is 271 g/mol. The Morgan fingerprint density at radius 3 is 2.55 bits per heavy atom. The van der Waals surface area contributed by atoms with Gasteiger partial charge in [0, 0.05) is 19.0 Å². The third kappa shape index (κ3) is 3.79. The molecule has 110 valence electrons. The minimum absolute atomic E-state index is 0.0344. The molecule has 0 spiro atoms. The van der Waals surface area contributed by atoms with Crippen molar-refractivity contribution in [2.75, 3.05) is 24.1 Å². The van der Waals surface area contributed by atoms with Crippen molar-refractivity contribution in [1.29, 1.82) is 0 Å². The summed E-state index contributed by atoms with van der Waals surface area (Å²) < 4.78 is 37.4. The van der Waals surface area contributed by atoms with Gasteiger partial charge in [0.2, 0.25) is 5.91 Å². The van der Waals surface area contributed by atoms with Gasteiger partial charge < -0.3 is 16.4 Å². The number of nitrogen functional groups attached to an aromatic ring is 1. The Morgan fingerprint density at radius 1 is 1.30 bits per heavy atom. The standard InChI is InChI=1S/C13H16F3N3O/c14-13(15,16)9-3-4-11(10(17)7-9)18-5-6-19-12(20)8-1-2-8/h3-4,7-8,18H,1-2,5-6,17H2,(H,19,20). The molecule has 0 radical (unpaired) electrons. The number of halogens is 3. The number of anilines is 2. The number of benzene rings is 1. The second-order valence-electron chi connectivity index (χ2n) is 4.79. The number of alkyl halides is 3. The molecule has 0 atom stereocenters. The van der Waals surface area contributed by atoms with E-state index in [2.05, 4.69) is 10.6 Å². The first-order valence-electron chi connectivity index (χ1n) is 6.36. The van der Waals surface area contributed by atoms with E-state index in [1.807, 2.05) is 0 Å². The van der Waals surface area contributed by atoms with Crippen LogP contribution in [0.5, 0.6) is 0 Å². The van der Waals surface area contributed by atoms with Gasteiger partial charge in [0.25, 0.3) is 0 Å². The van der Waals surface area contributed by atoms with E-state index in [9.17, 15) is 18.0 Å². The number of nitrogens with two attached hydrogens (primary N) is 1. The number of hydrogen-bond donors (Lipinski definition) is 3. The van der Waals surface area contributed by atoms with E-state index in [0.717, 1.165) is 25.0 Å². The number of carbonyl (C=O) groups is 1. The monoisotopic (exact) mass is 287 g/mol. The van der Waals surface area contributed by atoms with Crippen LogP contribution in [-0.4, -0.2) is 19.0 Å². The largest absolute Gasteiger partial charge is 0.416 e. The van der Waals surface area contributed by atoms with Crippen LogP contribution in [0, 0.1) is 5.92 Å². The van der Waals surface area contributed by atoms with Crippen LogP contribution in [0.15, 0.2) is 18.2 Å². The molecule has 0 heterocycles. The summed E-state index contributed by atoms with van der Waals surface area (Å²) in [6.45, 7) is 0.823. The maximum Gasteiger partial charge on any atom is 0.416 e. The van der Waals surface area contributed by atoms with E-state index in [0.29, 0.717) is 18.8 Å². The molecule has 0 aliphatic heterocycles. The number of amides is 1.